The molecule has 0 radical (unpaired) electrons. The first-order chi connectivity index (χ1) is 11.0. The zero-order valence-corrected chi connectivity index (χ0v) is 17.7. The van der Waals surface area contributed by atoms with Gasteiger partial charge in [0, 0.05) is 38.1 Å². The van der Waals surface area contributed by atoms with E-state index in [2.05, 4.69) is 68.4 Å². The molecule has 1 heterocycles. The van der Waals surface area contributed by atoms with E-state index in [4.69, 9.17) is 9.73 Å². The fraction of sp³-hybridized carbons (Fsp3) is 0.632. The van der Waals surface area contributed by atoms with E-state index >= 15 is 0 Å². The fourth-order valence-corrected chi connectivity index (χ4v) is 2.92. The Morgan fingerprint density at radius 3 is 2.62 bits per heavy atom. The molecule has 1 N–H and O–H groups in total. The number of benzene rings is 1. The molecule has 0 saturated carbocycles. The Morgan fingerprint density at radius 2 is 2.04 bits per heavy atom. The third-order valence-electron chi connectivity index (χ3n) is 4.43. The van der Waals surface area contributed by atoms with Crippen LogP contribution in [0.2, 0.25) is 0 Å². The molecular weight excluding hydrogens is 413 g/mol. The van der Waals surface area contributed by atoms with Crippen molar-refractivity contribution in [1.29, 1.82) is 0 Å². The van der Waals surface area contributed by atoms with Gasteiger partial charge in [-0.1, -0.05) is 44.2 Å². The summed E-state index contributed by atoms with van der Waals surface area (Å²) in [6, 6.07) is 10.6. The van der Waals surface area contributed by atoms with Gasteiger partial charge in [0.2, 0.25) is 0 Å². The topological polar surface area (TPSA) is 36.9 Å². The minimum Gasteiger partial charge on any atom is -0.381 e. The van der Waals surface area contributed by atoms with Crippen molar-refractivity contribution in [2.45, 2.75) is 32.6 Å². The summed E-state index contributed by atoms with van der Waals surface area (Å²) in [5, 5.41) is 3.42. The molecule has 1 aromatic rings. The fourth-order valence-electron chi connectivity index (χ4n) is 2.92. The van der Waals surface area contributed by atoms with Crippen molar-refractivity contribution in [3.05, 3.63) is 35.9 Å². The van der Waals surface area contributed by atoms with E-state index in [0.717, 1.165) is 45.2 Å². The highest BCUT2D eigenvalue weighted by molar-refractivity contribution is 14.0. The van der Waals surface area contributed by atoms with Crippen LogP contribution in [0.15, 0.2) is 35.3 Å². The number of halogens is 1. The molecule has 1 atom stereocenters. The maximum absolute atomic E-state index is 5.48. The van der Waals surface area contributed by atoms with Crippen LogP contribution in [0.3, 0.4) is 0 Å². The lowest BCUT2D eigenvalue weighted by atomic mass is 9.85. The molecule has 4 nitrogen and oxygen atoms in total. The highest BCUT2D eigenvalue weighted by Crippen LogP contribution is 2.23. The quantitative estimate of drug-likeness (QED) is 0.414. The van der Waals surface area contributed by atoms with E-state index in [-0.39, 0.29) is 29.4 Å². The molecule has 0 aromatic heterocycles. The van der Waals surface area contributed by atoms with Crippen LogP contribution in [0.5, 0.6) is 0 Å². The standard InChI is InChI=1S/C19H31N3O.HI/c1-5-20-18(22(4)13-16-11-12-23-14-16)21-15-19(2,3)17-9-7-6-8-10-17;/h6-10,16H,5,11-15H2,1-4H3,(H,20,21);1H. The summed E-state index contributed by atoms with van der Waals surface area (Å²) < 4.78 is 5.48. The van der Waals surface area contributed by atoms with E-state index in [1.807, 2.05) is 0 Å². The van der Waals surface area contributed by atoms with Gasteiger partial charge in [-0.3, -0.25) is 4.99 Å². The Bertz CT molecular complexity index is 499. The number of hydrogen-bond donors (Lipinski definition) is 1. The molecule has 2 rings (SSSR count). The van der Waals surface area contributed by atoms with Crippen molar-refractivity contribution in [3.8, 4) is 0 Å². The number of nitrogens with one attached hydrogen (secondary N) is 1. The first-order valence-corrected chi connectivity index (χ1v) is 8.65. The maximum atomic E-state index is 5.48. The summed E-state index contributed by atoms with van der Waals surface area (Å²) in [7, 11) is 2.12. The molecule has 1 aromatic carbocycles. The minimum atomic E-state index is 0. The largest absolute Gasteiger partial charge is 0.381 e. The second-order valence-electron chi connectivity index (χ2n) is 7.03. The minimum absolute atomic E-state index is 0. The number of hydrogen-bond acceptors (Lipinski definition) is 2. The van der Waals surface area contributed by atoms with Gasteiger partial charge in [0.25, 0.3) is 0 Å². The lowest BCUT2D eigenvalue weighted by molar-refractivity contribution is 0.181. The Hall–Kier alpha value is -0.820. The summed E-state index contributed by atoms with van der Waals surface area (Å²) >= 11 is 0. The Morgan fingerprint density at radius 1 is 1.33 bits per heavy atom. The molecule has 1 fully saturated rings. The van der Waals surface area contributed by atoms with Crippen LogP contribution in [0.4, 0.5) is 0 Å². The van der Waals surface area contributed by atoms with E-state index in [1.165, 1.54) is 5.56 Å². The molecule has 24 heavy (non-hydrogen) atoms. The third-order valence-corrected chi connectivity index (χ3v) is 4.43. The van der Waals surface area contributed by atoms with Gasteiger partial charge in [0.05, 0.1) is 13.2 Å². The summed E-state index contributed by atoms with van der Waals surface area (Å²) in [4.78, 5) is 7.13. The van der Waals surface area contributed by atoms with Crippen LogP contribution >= 0.6 is 24.0 Å². The Labute approximate surface area is 164 Å². The van der Waals surface area contributed by atoms with Gasteiger partial charge in [-0.15, -0.1) is 24.0 Å². The molecule has 0 aliphatic carbocycles. The van der Waals surface area contributed by atoms with Crippen LogP contribution in [-0.4, -0.2) is 50.8 Å². The van der Waals surface area contributed by atoms with E-state index in [1.54, 1.807) is 0 Å². The monoisotopic (exact) mass is 445 g/mol. The highest BCUT2D eigenvalue weighted by atomic mass is 127. The molecule has 0 bridgehead atoms. The summed E-state index contributed by atoms with van der Waals surface area (Å²) in [6.45, 7) is 11.0. The molecule has 136 valence electrons. The van der Waals surface area contributed by atoms with Gasteiger partial charge in [0.15, 0.2) is 5.96 Å². The Balaban J connectivity index is 0.00000288. The van der Waals surface area contributed by atoms with Gasteiger partial charge < -0.3 is 15.0 Å². The maximum Gasteiger partial charge on any atom is 0.193 e. The van der Waals surface area contributed by atoms with E-state index in [0.29, 0.717) is 5.92 Å². The molecule has 0 spiro atoms. The summed E-state index contributed by atoms with van der Waals surface area (Å²) in [6.07, 6.45) is 1.15. The zero-order chi connectivity index (χ0) is 16.7. The normalized spacial score (nSPS) is 18.2. The van der Waals surface area contributed by atoms with Crippen LogP contribution in [-0.2, 0) is 10.2 Å². The molecule has 1 unspecified atom stereocenters. The molecule has 1 aliphatic heterocycles. The van der Waals surface area contributed by atoms with Crippen LogP contribution < -0.4 is 5.32 Å². The number of guanidine groups is 1. The lowest BCUT2D eigenvalue weighted by Gasteiger charge is -2.27. The first-order valence-electron chi connectivity index (χ1n) is 8.65. The number of nitrogens with zero attached hydrogens (tertiary/aromatic N) is 2. The third kappa shape index (κ3) is 6.24. The summed E-state index contributed by atoms with van der Waals surface area (Å²) in [5.41, 5.74) is 1.35. The average molecular weight is 445 g/mol. The van der Waals surface area contributed by atoms with Gasteiger partial charge >= 0.3 is 0 Å². The van der Waals surface area contributed by atoms with Crippen molar-refractivity contribution in [2.24, 2.45) is 10.9 Å². The second kappa shape index (κ2) is 10.2. The molecule has 1 aliphatic rings. The smallest absolute Gasteiger partial charge is 0.193 e. The summed E-state index contributed by atoms with van der Waals surface area (Å²) in [5.74, 6) is 1.61. The van der Waals surface area contributed by atoms with Crippen molar-refractivity contribution >= 4 is 29.9 Å². The predicted molar refractivity (Wildman–Crippen MR) is 112 cm³/mol. The van der Waals surface area contributed by atoms with Crippen molar-refractivity contribution < 1.29 is 4.74 Å². The first kappa shape index (κ1) is 21.2. The highest BCUT2D eigenvalue weighted by Gasteiger charge is 2.22. The van der Waals surface area contributed by atoms with Crippen molar-refractivity contribution in [1.82, 2.24) is 10.2 Å². The van der Waals surface area contributed by atoms with Gasteiger partial charge in [-0.25, -0.2) is 0 Å². The number of aliphatic imine (C=N–C) groups is 1. The van der Waals surface area contributed by atoms with Gasteiger partial charge in [-0.05, 0) is 18.9 Å². The molecule has 0 amide bonds. The van der Waals surface area contributed by atoms with Crippen LogP contribution in [0, 0.1) is 5.92 Å². The van der Waals surface area contributed by atoms with Crippen LogP contribution in [0.25, 0.3) is 0 Å². The zero-order valence-electron chi connectivity index (χ0n) is 15.4. The average Bonchev–Trinajstić information content (AvgIpc) is 3.05. The second-order valence-corrected chi connectivity index (χ2v) is 7.03. The van der Waals surface area contributed by atoms with Crippen molar-refractivity contribution in [3.63, 3.8) is 0 Å². The number of ether oxygens (including phenoxy) is 1. The Kier molecular flexibility index (Phi) is 9.05. The van der Waals surface area contributed by atoms with Crippen molar-refractivity contribution in [2.75, 3.05) is 39.9 Å². The van der Waals surface area contributed by atoms with E-state index in [9.17, 15) is 0 Å². The predicted octanol–water partition coefficient (Wildman–Crippen LogP) is 3.52. The number of rotatable bonds is 6. The molecular formula is C19H32IN3O. The van der Waals surface area contributed by atoms with Gasteiger partial charge in [0.1, 0.15) is 0 Å². The molecule has 5 heteroatoms. The van der Waals surface area contributed by atoms with Crippen LogP contribution in [0.1, 0.15) is 32.8 Å². The molecule has 1 saturated heterocycles. The van der Waals surface area contributed by atoms with Gasteiger partial charge in [-0.2, -0.15) is 0 Å². The SMILES string of the molecule is CCNC(=NCC(C)(C)c1ccccc1)N(C)CC1CCOC1.I. The van der Waals surface area contributed by atoms with E-state index < -0.39 is 0 Å². The lowest BCUT2D eigenvalue weighted by Crippen LogP contribution is -2.42.